The van der Waals surface area contributed by atoms with Gasteiger partial charge in [0.15, 0.2) is 6.29 Å². The van der Waals surface area contributed by atoms with E-state index in [1.807, 2.05) is 0 Å². The molecule has 0 bridgehead atoms. The molecule has 0 spiro atoms. The summed E-state index contributed by atoms with van der Waals surface area (Å²) in [5, 5.41) is 10.2. The summed E-state index contributed by atoms with van der Waals surface area (Å²) in [7, 11) is 0. The van der Waals surface area contributed by atoms with Crippen molar-refractivity contribution in [3.8, 4) is 0 Å². The van der Waals surface area contributed by atoms with Crippen LogP contribution in [0.3, 0.4) is 0 Å². The van der Waals surface area contributed by atoms with Gasteiger partial charge < -0.3 is 0 Å². The van der Waals surface area contributed by atoms with E-state index in [1.54, 1.807) is 0 Å². The molecule has 0 amide bonds. The molecule has 0 saturated carbocycles. The first-order chi connectivity index (χ1) is 5.65. The van der Waals surface area contributed by atoms with Crippen LogP contribution in [0.1, 0.15) is 10.5 Å². The first-order valence-corrected chi connectivity index (χ1v) is 3.28. The molecule has 1 rings (SSSR count). The van der Waals surface area contributed by atoms with Gasteiger partial charge in [0.2, 0.25) is 0 Å². The lowest BCUT2D eigenvalue weighted by molar-refractivity contribution is -0.385. The number of halogens is 1. The van der Waals surface area contributed by atoms with Crippen molar-refractivity contribution in [3.63, 3.8) is 0 Å². The van der Waals surface area contributed by atoms with Crippen LogP contribution in [0.2, 0.25) is 5.02 Å². The number of nitro groups is 1. The number of carbonyl (C=O) groups is 1. The quantitative estimate of drug-likeness (QED) is 0.398. The molecule has 0 N–H and O–H groups in total. The molecule has 1 aromatic rings. The average molecular weight is 187 g/mol. The number of aromatic nitrogens is 1. The van der Waals surface area contributed by atoms with Crippen LogP contribution in [0.4, 0.5) is 5.69 Å². The van der Waals surface area contributed by atoms with Crippen LogP contribution in [-0.2, 0) is 0 Å². The van der Waals surface area contributed by atoms with Crippen LogP contribution < -0.4 is 0 Å². The number of hydrogen-bond acceptors (Lipinski definition) is 4. The molecule has 62 valence electrons. The SMILES string of the molecule is O=Cc1ncc([N+](=O)[O-])cc1Cl. The summed E-state index contributed by atoms with van der Waals surface area (Å²) in [6.45, 7) is 0. The summed E-state index contributed by atoms with van der Waals surface area (Å²) in [4.78, 5) is 23.2. The smallest absolute Gasteiger partial charge is 0.289 e. The molecule has 0 atom stereocenters. The van der Waals surface area contributed by atoms with E-state index in [0.717, 1.165) is 12.3 Å². The van der Waals surface area contributed by atoms with E-state index >= 15 is 0 Å². The third kappa shape index (κ3) is 1.57. The molecule has 6 heteroatoms. The van der Waals surface area contributed by atoms with Gasteiger partial charge in [0.05, 0.1) is 9.95 Å². The van der Waals surface area contributed by atoms with E-state index in [9.17, 15) is 14.9 Å². The van der Waals surface area contributed by atoms with Gasteiger partial charge in [-0.25, -0.2) is 4.98 Å². The van der Waals surface area contributed by atoms with Crippen molar-refractivity contribution in [2.45, 2.75) is 0 Å². The zero-order valence-corrected chi connectivity index (χ0v) is 6.49. The summed E-state index contributed by atoms with van der Waals surface area (Å²) in [6, 6.07) is 1.08. The molecular weight excluding hydrogens is 184 g/mol. The molecule has 0 radical (unpaired) electrons. The molecule has 0 saturated heterocycles. The number of carbonyl (C=O) groups excluding carboxylic acids is 1. The summed E-state index contributed by atoms with van der Waals surface area (Å²) in [5.41, 5.74) is -0.229. The number of pyridine rings is 1. The Balaban J connectivity index is 3.18. The molecule has 1 aromatic heterocycles. The van der Waals surface area contributed by atoms with E-state index in [2.05, 4.69) is 4.98 Å². The highest BCUT2D eigenvalue weighted by Gasteiger charge is 2.09. The molecule has 0 aromatic carbocycles. The highest BCUT2D eigenvalue weighted by molar-refractivity contribution is 6.32. The maximum absolute atomic E-state index is 10.2. The van der Waals surface area contributed by atoms with Gasteiger partial charge in [-0.15, -0.1) is 0 Å². The molecular formula is C6H3ClN2O3. The van der Waals surface area contributed by atoms with Crippen molar-refractivity contribution < 1.29 is 9.72 Å². The first-order valence-electron chi connectivity index (χ1n) is 2.90. The van der Waals surface area contributed by atoms with Crippen LogP contribution >= 0.6 is 11.6 Å². The van der Waals surface area contributed by atoms with Crippen molar-refractivity contribution in [3.05, 3.63) is 33.1 Å². The largest absolute Gasteiger partial charge is 0.296 e. The van der Waals surface area contributed by atoms with Gasteiger partial charge >= 0.3 is 0 Å². The second kappa shape index (κ2) is 3.27. The molecule has 12 heavy (non-hydrogen) atoms. The third-order valence-electron chi connectivity index (χ3n) is 1.18. The fourth-order valence-corrected chi connectivity index (χ4v) is 0.830. The maximum atomic E-state index is 10.2. The number of nitrogens with zero attached hydrogens (tertiary/aromatic N) is 2. The van der Waals surface area contributed by atoms with Crippen molar-refractivity contribution in [1.82, 2.24) is 4.98 Å². The first kappa shape index (κ1) is 8.61. The minimum Gasteiger partial charge on any atom is -0.296 e. The Morgan fingerprint density at radius 2 is 2.33 bits per heavy atom. The molecule has 0 aliphatic rings. The van der Waals surface area contributed by atoms with E-state index < -0.39 is 4.92 Å². The molecule has 0 aliphatic carbocycles. The number of aldehydes is 1. The summed E-state index contributed by atoms with van der Waals surface area (Å²) in [6.07, 6.45) is 1.42. The second-order valence-corrected chi connectivity index (χ2v) is 2.34. The Kier molecular flexibility index (Phi) is 2.35. The Bertz CT molecular complexity index is 340. The molecule has 5 nitrogen and oxygen atoms in total. The zero-order chi connectivity index (χ0) is 9.14. The van der Waals surface area contributed by atoms with Gasteiger partial charge in [-0.2, -0.15) is 0 Å². The molecule has 0 aliphatic heterocycles. The molecule has 0 unspecified atom stereocenters. The zero-order valence-electron chi connectivity index (χ0n) is 5.73. The highest BCUT2D eigenvalue weighted by Crippen LogP contribution is 2.18. The van der Waals surface area contributed by atoms with E-state index in [4.69, 9.17) is 11.6 Å². The van der Waals surface area contributed by atoms with Crippen LogP contribution in [0.25, 0.3) is 0 Å². The van der Waals surface area contributed by atoms with Gasteiger partial charge in [-0.05, 0) is 0 Å². The van der Waals surface area contributed by atoms with Gasteiger partial charge in [0.25, 0.3) is 5.69 Å². The topological polar surface area (TPSA) is 73.1 Å². The number of hydrogen-bond donors (Lipinski definition) is 0. The Morgan fingerprint density at radius 3 is 2.75 bits per heavy atom. The minimum absolute atomic E-state index is 0.00210. The summed E-state index contributed by atoms with van der Waals surface area (Å²) < 4.78 is 0. The van der Waals surface area contributed by atoms with Crippen LogP contribution in [0.15, 0.2) is 12.3 Å². The standard InChI is InChI=1S/C6H3ClN2O3/c7-5-1-4(9(11)12)2-8-6(5)3-10/h1-3H. The maximum Gasteiger partial charge on any atom is 0.289 e. The Labute approximate surface area is 72.1 Å². The second-order valence-electron chi connectivity index (χ2n) is 1.94. The number of rotatable bonds is 2. The third-order valence-corrected chi connectivity index (χ3v) is 1.48. The fraction of sp³-hybridized carbons (Fsp3) is 0. The van der Waals surface area contributed by atoms with E-state index in [-0.39, 0.29) is 16.4 Å². The predicted octanol–water partition coefficient (Wildman–Crippen LogP) is 1.46. The van der Waals surface area contributed by atoms with Crippen molar-refractivity contribution >= 4 is 23.6 Å². The average Bonchev–Trinajstić information content (AvgIpc) is 2.04. The highest BCUT2D eigenvalue weighted by atomic mass is 35.5. The summed E-state index contributed by atoms with van der Waals surface area (Å²) >= 11 is 5.48. The van der Waals surface area contributed by atoms with E-state index in [0.29, 0.717) is 6.29 Å². The van der Waals surface area contributed by atoms with Crippen LogP contribution in [-0.4, -0.2) is 16.2 Å². The van der Waals surface area contributed by atoms with Gasteiger partial charge in [-0.1, -0.05) is 11.6 Å². The van der Waals surface area contributed by atoms with E-state index in [1.165, 1.54) is 0 Å². The van der Waals surface area contributed by atoms with Crippen molar-refractivity contribution in [2.75, 3.05) is 0 Å². The lowest BCUT2D eigenvalue weighted by Gasteiger charge is -1.93. The van der Waals surface area contributed by atoms with Gasteiger partial charge in [-0.3, -0.25) is 14.9 Å². The van der Waals surface area contributed by atoms with Crippen LogP contribution in [0, 0.1) is 10.1 Å². The lowest BCUT2D eigenvalue weighted by atomic mass is 10.3. The Hall–Kier alpha value is -1.49. The summed E-state index contributed by atoms with van der Waals surface area (Å²) in [5.74, 6) is 0. The van der Waals surface area contributed by atoms with Gasteiger partial charge in [0.1, 0.15) is 11.9 Å². The van der Waals surface area contributed by atoms with Crippen molar-refractivity contribution in [1.29, 1.82) is 0 Å². The molecule has 1 heterocycles. The molecule has 0 fully saturated rings. The monoisotopic (exact) mass is 186 g/mol. The lowest BCUT2D eigenvalue weighted by Crippen LogP contribution is -1.93. The minimum atomic E-state index is -0.631. The van der Waals surface area contributed by atoms with Crippen LogP contribution in [0.5, 0.6) is 0 Å². The normalized spacial score (nSPS) is 9.42. The fourth-order valence-electron chi connectivity index (χ4n) is 0.625. The predicted molar refractivity (Wildman–Crippen MR) is 41.3 cm³/mol. The van der Waals surface area contributed by atoms with Gasteiger partial charge in [0, 0.05) is 6.07 Å². The van der Waals surface area contributed by atoms with Crippen molar-refractivity contribution in [2.24, 2.45) is 0 Å². The Morgan fingerprint density at radius 1 is 1.67 bits per heavy atom.